The topological polar surface area (TPSA) is 52.4 Å². The van der Waals surface area contributed by atoms with Gasteiger partial charge in [-0.05, 0) is 37.8 Å². The number of aryl methyl sites for hydroxylation is 1. The first-order chi connectivity index (χ1) is 9.53. The summed E-state index contributed by atoms with van der Waals surface area (Å²) < 4.78 is 6.06. The van der Waals surface area contributed by atoms with Crippen LogP contribution in [0.5, 0.6) is 5.75 Å². The Hall–Kier alpha value is -1.10. The third-order valence-corrected chi connectivity index (χ3v) is 6.09. The standard InChI is InChI=1S/C15H18BrNO3/c1-10-4-5-11(17(18)19)12(8-10)20-14-9-13(16)15(14)6-2-3-7-15/h4-5,8,13-14H,2-3,6-7,9H2,1H3. The van der Waals surface area contributed by atoms with E-state index < -0.39 is 0 Å². The van der Waals surface area contributed by atoms with Crippen molar-refractivity contribution in [2.24, 2.45) is 5.41 Å². The molecule has 4 nitrogen and oxygen atoms in total. The molecule has 5 heteroatoms. The monoisotopic (exact) mass is 339 g/mol. The summed E-state index contributed by atoms with van der Waals surface area (Å²) in [7, 11) is 0. The van der Waals surface area contributed by atoms with Crippen LogP contribution in [-0.2, 0) is 0 Å². The molecule has 2 fully saturated rings. The van der Waals surface area contributed by atoms with Crippen LogP contribution in [-0.4, -0.2) is 15.9 Å². The van der Waals surface area contributed by atoms with Crippen LogP contribution in [0.4, 0.5) is 5.69 Å². The molecular formula is C15H18BrNO3. The van der Waals surface area contributed by atoms with Crippen LogP contribution in [0.1, 0.15) is 37.7 Å². The Labute approximate surface area is 126 Å². The number of halogens is 1. The maximum atomic E-state index is 11.1. The Morgan fingerprint density at radius 1 is 1.40 bits per heavy atom. The van der Waals surface area contributed by atoms with E-state index in [9.17, 15) is 10.1 Å². The molecule has 1 spiro atoms. The number of benzene rings is 1. The second-order valence-corrected chi connectivity index (χ2v) is 7.08. The molecule has 3 rings (SSSR count). The van der Waals surface area contributed by atoms with Crippen LogP contribution in [0.15, 0.2) is 18.2 Å². The molecule has 1 aromatic carbocycles. The molecular weight excluding hydrogens is 322 g/mol. The molecule has 0 heterocycles. The van der Waals surface area contributed by atoms with Gasteiger partial charge in [-0.1, -0.05) is 34.8 Å². The first kappa shape index (κ1) is 13.9. The van der Waals surface area contributed by atoms with Gasteiger partial charge in [0.05, 0.1) is 4.92 Å². The van der Waals surface area contributed by atoms with Crippen molar-refractivity contribution >= 4 is 21.6 Å². The summed E-state index contributed by atoms with van der Waals surface area (Å²) in [6, 6.07) is 5.07. The predicted molar refractivity (Wildman–Crippen MR) is 80.5 cm³/mol. The van der Waals surface area contributed by atoms with Gasteiger partial charge >= 0.3 is 5.69 Å². The number of ether oxygens (including phenoxy) is 1. The maximum Gasteiger partial charge on any atom is 0.310 e. The van der Waals surface area contributed by atoms with E-state index in [1.807, 2.05) is 6.92 Å². The second-order valence-electron chi connectivity index (χ2n) is 5.98. The molecule has 2 atom stereocenters. The van der Waals surface area contributed by atoms with Crippen LogP contribution < -0.4 is 4.74 Å². The lowest BCUT2D eigenvalue weighted by Crippen LogP contribution is -2.55. The number of nitro benzene ring substituents is 1. The van der Waals surface area contributed by atoms with Crippen LogP contribution in [0.2, 0.25) is 0 Å². The molecule has 2 unspecified atom stereocenters. The minimum atomic E-state index is -0.361. The molecule has 0 amide bonds. The van der Waals surface area contributed by atoms with Crippen molar-refractivity contribution in [3.63, 3.8) is 0 Å². The summed E-state index contributed by atoms with van der Waals surface area (Å²) in [5.41, 5.74) is 1.25. The van der Waals surface area contributed by atoms with Crippen LogP contribution >= 0.6 is 15.9 Å². The quantitative estimate of drug-likeness (QED) is 0.466. The van der Waals surface area contributed by atoms with Crippen molar-refractivity contribution in [3.05, 3.63) is 33.9 Å². The highest BCUT2D eigenvalue weighted by atomic mass is 79.9. The van der Waals surface area contributed by atoms with Crippen molar-refractivity contribution in [2.75, 3.05) is 0 Å². The van der Waals surface area contributed by atoms with Gasteiger partial charge in [0.15, 0.2) is 5.75 Å². The van der Waals surface area contributed by atoms with Crippen molar-refractivity contribution < 1.29 is 9.66 Å². The van der Waals surface area contributed by atoms with E-state index in [-0.39, 0.29) is 22.1 Å². The van der Waals surface area contributed by atoms with Crippen molar-refractivity contribution in [2.45, 2.75) is 50.0 Å². The summed E-state index contributed by atoms with van der Waals surface area (Å²) in [5.74, 6) is 0.422. The number of alkyl halides is 1. The molecule has 2 saturated carbocycles. The number of nitrogens with zero attached hydrogens (tertiary/aromatic N) is 1. The largest absolute Gasteiger partial charge is 0.483 e. The molecule has 1 aromatic rings. The van der Waals surface area contributed by atoms with Gasteiger partial charge in [0, 0.05) is 16.3 Å². The number of hydrogen-bond acceptors (Lipinski definition) is 3. The van der Waals surface area contributed by atoms with E-state index in [4.69, 9.17) is 4.74 Å². The second kappa shape index (κ2) is 5.02. The fourth-order valence-electron chi connectivity index (χ4n) is 3.55. The van der Waals surface area contributed by atoms with E-state index in [0.717, 1.165) is 24.8 Å². The number of rotatable bonds is 3. The molecule has 0 bridgehead atoms. The zero-order valence-electron chi connectivity index (χ0n) is 11.5. The molecule has 0 N–H and O–H groups in total. The lowest BCUT2D eigenvalue weighted by atomic mass is 9.64. The Kier molecular flexibility index (Phi) is 3.48. The Morgan fingerprint density at radius 2 is 2.10 bits per heavy atom. The summed E-state index contributed by atoms with van der Waals surface area (Å²) in [5, 5.41) is 11.1. The van der Waals surface area contributed by atoms with Gasteiger partial charge in [-0.15, -0.1) is 0 Å². The molecule has 0 aromatic heterocycles. The zero-order chi connectivity index (χ0) is 14.3. The molecule has 0 saturated heterocycles. The fourth-order valence-corrected chi connectivity index (χ4v) is 4.64. The average molecular weight is 340 g/mol. The summed E-state index contributed by atoms with van der Waals surface area (Å²) >= 11 is 3.75. The SMILES string of the molecule is Cc1ccc([N+](=O)[O-])c(OC2CC(Br)C23CCCC3)c1. The van der Waals surface area contributed by atoms with E-state index in [1.165, 1.54) is 18.9 Å². The normalized spacial score (nSPS) is 27.3. The summed E-state index contributed by atoms with van der Waals surface area (Å²) in [4.78, 5) is 11.2. The van der Waals surface area contributed by atoms with Gasteiger partial charge in [0.1, 0.15) is 6.10 Å². The third kappa shape index (κ3) is 2.12. The first-order valence-corrected chi connectivity index (χ1v) is 8.00. The molecule has 0 radical (unpaired) electrons. The van der Waals surface area contributed by atoms with Gasteiger partial charge in [-0.25, -0.2) is 0 Å². The average Bonchev–Trinajstić information content (AvgIpc) is 2.90. The van der Waals surface area contributed by atoms with E-state index in [1.54, 1.807) is 12.1 Å². The molecule has 108 valence electrons. The van der Waals surface area contributed by atoms with Crippen molar-refractivity contribution in [3.8, 4) is 5.75 Å². The Bertz CT molecular complexity index is 540. The highest BCUT2D eigenvalue weighted by Gasteiger charge is 2.56. The molecule has 0 aliphatic heterocycles. The van der Waals surface area contributed by atoms with Crippen LogP contribution in [0.25, 0.3) is 0 Å². The lowest BCUT2D eigenvalue weighted by molar-refractivity contribution is -0.386. The minimum Gasteiger partial charge on any atom is -0.483 e. The molecule has 2 aliphatic carbocycles. The summed E-state index contributed by atoms with van der Waals surface area (Å²) in [6.07, 6.45) is 5.83. The number of nitro groups is 1. The van der Waals surface area contributed by atoms with Crippen LogP contribution in [0.3, 0.4) is 0 Å². The summed E-state index contributed by atoms with van der Waals surface area (Å²) in [6.45, 7) is 1.93. The highest BCUT2D eigenvalue weighted by molar-refractivity contribution is 9.09. The van der Waals surface area contributed by atoms with Gasteiger partial charge in [0.2, 0.25) is 0 Å². The number of hydrogen-bond donors (Lipinski definition) is 0. The lowest BCUT2D eigenvalue weighted by Gasteiger charge is -2.51. The molecule has 20 heavy (non-hydrogen) atoms. The smallest absolute Gasteiger partial charge is 0.310 e. The van der Waals surface area contributed by atoms with E-state index >= 15 is 0 Å². The van der Waals surface area contributed by atoms with Crippen molar-refractivity contribution in [1.29, 1.82) is 0 Å². The van der Waals surface area contributed by atoms with Crippen LogP contribution in [0, 0.1) is 22.5 Å². The molecule has 2 aliphatic rings. The van der Waals surface area contributed by atoms with Gasteiger partial charge in [0.25, 0.3) is 0 Å². The third-order valence-electron chi connectivity index (χ3n) is 4.80. The highest BCUT2D eigenvalue weighted by Crippen LogP contribution is 2.58. The fraction of sp³-hybridized carbons (Fsp3) is 0.600. The Morgan fingerprint density at radius 3 is 2.70 bits per heavy atom. The first-order valence-electron chi connectivity index (χ1n) is 7.09. The zero-order valence-corrected chi connectivity index (χ0v) is 13.1. The van der Waals surface area contributed by atoms with Gasteiger partial charge < -0.3 is 4.74 Å². The van der Waals surface area contributed by atoms with Gasteiger partial charge in [-0.3, -0.25) is 10.1 Å². The van der Waals surface area contributed by atoms with E-state index in [0.29, 0.717) is 10.6 Å². The minimum absolute atomic E-state index is 0.0711. The van der Waals surface area contributed by atoms with Gasteiger partial charge in [-0.2, -0.15) is 0 Å². The predicted octanol–water partition coefficient (Wildman–Crippen LogP) is 4.38. The van der Waals surface area contributed by atoms with E-state index in [2.05, 4.69) is 15.9 Å². The maximum absolute atomic E-state index is 11.1. The Balaban J connectivity index is 1.85. The van der Waals surface area contributed by atoms with Crippen molar-refractivity contribution in [1.82, 2.24) is 0 Å².